The molecule has 2 aromatic rings. The van der Waals surface area contributed by atoms with Gasteiger partial charge in [0.05, 0.1) is 12.3 Å². The number of halogens is 3. The molecule has 0 bridgehead atoms. The molecular formula is C27H31Br2ClN2O3. The number of likely N-dealkylation sites (tertiary alicyclic amines) is 1. The second kappa shape index (κ2) is 11.2. The summed E-state index contributed by atoms with van der Waals surface area (Å²) in [4.78, 5) is 20.1. The van der Waals surface area contributed by atoms with E-state index in [1.807, 2.05) is 24.1 Å². The van der Waals surface area contributed by atoms with Crippen molar-refractivity contribution in [3.63, 3.8) is 0 Å². The third kappa shape index (κ3) is 5.49. The van der Waals surface area contributed by atoms with Crippen LogP contribution in [-0.4, -0.2) is 48.4 Å². The van der Waals surface area contributed by atoms with Gasteiger partial charge < -0.3 is 14.4 Å². The number of aromatic nitrogens is 1. The quantitative estimate of drug-likeness (QED) is 0.380. The summed E-state index contributed by atoms with van der Waals surface area (Å²) in [5.74, 6) is 0.973. The van der Waals surface area contributed by atoms with Crippen LogP contribution < -0.4 is 0 Å². The van der Waals surface area contributed by atoms with Crippen LogP contribution >= 0.6 is 43.5 Å². The summed E-state index contributed by atoms with van der Waals surface area (Å²) < 4.78 is 13.4. The Balaban J connectivity index is 1.35. The number of pyridine rings is 1. The number of benzene rings is 1. The van der Waals surface area contributed by atoms with E-state index in [1.165, 1.54) is 22.4 Å². The summed E-state index contributed by atoms with van der Waals surface area (Å²) in [5.41, 5.74) is 5.08. The molecule has 2 aliphatic heterocycles. The van der Waals surface area contributed by atoms with Crippen LogP contribution in [0.3, 0.4) is 0 Å². The molecular weight excluding hydrogens is 596 g/mol. The summed E-state index contributed by atoms with van der Waals surface area (Å²) in [5, 5.41) is 0.760. The fraction of sp³-hybridized carbons (Fsp3) is 0.556. The topological polar surface area (TPSA) is 51.7 Å². The smallest absolute Gasteiger partial charge is 0.223 e. The first-order chi connectivity index (χ1) is 16.9. The summed E-state index contributed by atoms with van der Waals surface area (Å²) in [6.07, 6.45) is 6.87. The first-order valence-electron chi connectivity index (χ1n) is 12.6. The maximum atomic E-state index is 13.1. The molecule has 0 N–H and O–H groups in total. The van der Waals surface area contributed by atoms with Crippen molar-refractivity contribution in [2.24, 2.45) is 11.8 Å². The number of aryl methyl sites for hydroxylation is 2. The maximum absolute atomic E-state index is 13.1. The largest absolute Gasteiger partial charge is 0.353 e. The van der Waals surface area contributed by atoms with Crippen molar-refractivity contribution < 1.29 is 14.3 Å². The number of ether oxygens (including phenoxy) is 2. The molecule has 3 heterocycles. The lowest BCUT2D eigenvalue weighted by molar-refractivity contribution is -0.145. The molecule has 1 aliphatic carbocycles. The minimum atomic E-state index is -0.241. The second-order valence-electron chi connectivity index (χ2n) is 9.80. The third-order valence-corrected chi connectivity index (χ3v) is 9.01. The number of carbonyl (C=O) groups excluding carboxylic acids is 1. The minimum Gasteiger partial charge on any atom is -0.353 e. The Hall–Kier alpha value is -0.990. The average Bonchev–Trinajstić information content (AvgIpc) is 3.19. The van der Waals surface area contributed by atoms with Gasteiger partial charge in [0.2, 0.25) is 5.91 Å². The SMILES string of the molecule is CCOC1OCCC1CC(=O)N1CCC([C@H]2c3ncc(Br)cc3CCc3cc(Cl)cc(Br)c32)CC1. The van der Waals surface area contributed by atoms with Gasteiger partial charge in [-0.2, -0.15) is 0 Å². The number of hydrogen-bond donors (Lipinski definition) is 0. The van der Waals surface area contributed by atoms with Crippen molar-refractivity contribution in [1.29, 1.82) is 0 Å². The zero-order valence-corrected chi connectivity index (χ0v) is 23.9. The lowest BCUT2D eigenvalue weighted by Gasteiger charge is -2.37. The molecule has 188 valence electrons. The van der Waals surface area contributed by atoms with Crippen LogP contribution in [0.2, 0.25) is 5.02 Å². The Morgan fingerprint density at radius 3 is 2.71 bits per heavy atom. The van der Waals surface area contributed by atoms with Crippen molar-refractivity contribution in [3.05, 3.63) is 60.7 Å². The van der Waals surface area contributed by atoms with E-state index in [1.54, 1.807) is 0 Å². The minimum absolute atomic E-state index is 0.157. The van der Waals surface area contributed by atoms with Crippen LogP contribution in [0.25, 0.3) is 0 Å². The molecule has 1 amide bonds. The standard InChI is InChI=1S/C27H31Br2ClN2O3/c1-2-34-27-19(7-10-35-27)13-23(33)32-8-5-16(6-9-32)25-24-17(12-21(30)14-22(24)29)3-4-18-11-20(28)15-31-26(18)25/h11-12,14-16,19,25,27H,2-10,13H2,1H3/t19?,25-,27?/m1/s1. The van der Waals surface area contributed by atoms with Crippen molar-refractivity contribution >= 4 is 49.4 Å². The van der Waals surface area contributed by atoms with Gasteiger partial charge in [-0.1, -0.05) is 27.5 Å². The summed E-state index contributed by atoms with van der Waals surface area (Å²) in [6, 6.07) is 6.34. The Bertz CT molecular complexity index is 1090. The van der Waals surface area contributed by atoms with E-state index in [9.17, 15) is 4.79 Å². The first kappa shape index (κ1) is 25.7. The lowest BCUT2D eigenvalue weighted by Crippen LogP contribution is -2.41. The van der Waals surface area contributed by atoms with E-state index in [4.69, 9.17) is 26.1 Å². The molecule has 5 rings (SSSR count). The lowest BCUT2D eigenvalue weighted by atomic mass is 9.76. The van der Waals surface area contributed by atoms with Crippen molar-refractivity contribution in [1.82, 2.24) is 9.88 Å². The van der Waals surface area contributed by atoms with Crippen molar-refractivity contribution in [2.45, 2.75) is 57.7 Å². The van der Waals surface area contributed by atoms with Crippen LogP contribution in [0.1, 0.15) is 60.9 Å². The van der Waals surface area contributed by atoms with Gasteiger partial charge in [0, 0.05) is 58.1 Å². The number of fused-ring (bicyclic) bond motifs is 2. The van der Waals surface area contributed by atoms with Gasteiger partial charge in [0.25, 0.3) is 0 Å². The first-order valence-corrected chi connectivity index (χ1v) is 14.5. The van der Waals surface area contributed by atoms with E-state index < -0.39 is 0 Å². The molecule has 0 radical (unpaired) electrons. The predicted octanol–water partition coefficient (Wildman–Crippen LogP) is 6.52. The van der Waals surface area contributed by atoms with E-state index in [0.29, 0.717) is 25.6 Å². The molecule has 0 spiro atoms. The fourth-order valence-electron chi connectivity index (χ4n) is 6.02. The number of piperidine rings is 1. The Morgan fingerprint density at radius 1 is 1.17 bits per heavy atom. The van der Waals surface area contributed by atoms with Gasteiger partial charge in [-0.25, -0.2) is 0 Å². The van der Waals surface area contributed by atoms with Crippen LogP contribution in [-0.2, 0) is 27.1 Å². The molecule has 3 atom stereocenters. The summed E-state index contributed by atoms with van der Waals surface area (Å²) in [6.45, 7) is 4.80. The molecule has 8 heteroatoms. The monoisotopic (exact) mass is 624 g/mol. The molecule has 2 saturated heterocycles. The fourth-order valence-corrected chi connectivity index (χ4v) is 7.52. The normalized spacial score (nSPS) is 24.7. The number of rotatable bonds is 5. The number of hydrogen-bond acceptors (Lipinski definition) is 4. The number of nitrogens with zero attached hydrogens (tertiary/aromatic N) is 2. The Labute approximate surface area is 229 Å². The highest BCUT2D eigenvalue weighted by Gasteiger charge is 2.37. The molecule has 5 nitrogen and oxygen atoms in total. The van der Waals surface area contributed by atoms with Crippen LogP contribution in [0.5, 0.6) is 0 Å². The van der Waals surface area contributed by atoms with Gasteiger partial charge in [0.15, 0.2) is 6.29 Å². The maximum Gasteiger partial charge on any atom is 0.223 e. The van der Waals surface area contributed by atoms with Crippen molar-refractivity contribution in [2.75, 3.05) is 26.3 Å². The number of carbonyl (C=O) groups is 1. The molecule has 2 unspecified atom stereocenters. The zero-order chi connectivity index (χ0) is 24.5. The highest BCUT2D eigenvalue weighted by Crippen LogP contribution is 2.46. The summed E-state index contributed by atoms with van der Waals surface area (Å²) in [7, 11) is 0. The van der Waals surface area contributed by atoms with E-state index in [0.717, 1.165) is 59.2 Å². The van der Waals surface area contributed by atoms with E-state index >= 15 is 0 Å². The van der Waals surface area contributed by atoms with Gasteiger partial charge in [-0.05, 0) is 95.8 Å². The molecule has 1 aromatic heterocycles. The number of amides is 1. The second-order valence-corrected chi connectivity index (χ2v) is 12.0. The van der Waals surface area contributed by atoms with Crippen LogP contribution in [0.4, 0.5) is 0 Å². The van der Waals surface area contributed by atoms with Crippen LogP contribution in [0, 0.1) is 11.8 Å². The highest BCUT2D eigenvalue weighted by molar-refractivity contribution is 9.10. The Kier molecular flexibility index (Phi) is 8.19. The molecule has 35 heavy (non-hydrogen) atoms. The average molecular weight is 627 g/mol. The zero-order valence-electron chi connectivity index (χ0n) is 19.9. The van der Waals surface area contributed by atoms with Gasteiger partial charge in [-0.15, -0.1) is 0 Å². The Morgan fingerprint density at radius 2 is 1.94 bits per heavy atom. The van der Waals surface area contributed by atoms with E-state index in [-0.39, 0.29) is 24.0 Å². The third-order valence-electron chi connectivity index (χ3n) is 7.70. The molecule has 3 aliphatic rings. The van der Waals surface area contributed by atoms with Crippen molar-refractivity contribution in [3.8, 4) is 0 Å². The molecule has 1 aromatic carbocycles. The van der Waals surface area contributed by atoms with Gasteiger partial charge in [-0.3, -0.25) is 9.78 Å². The van der Waals surface area contributed by atoms with E-state index in [2.05, 4.69) is 44.0 Å². The predicted molar refractivity (Wildman–Crippen MR) is 144 cm³/mol. The highest BCUT2D eigenvalue weighted by atomic mass is 79.9. The molecule has 2 fully saturated rings. The van der Waals surface area contributed by atoms with Crippen LogP contribution in [0.15, 0.2) is 33.3 Å². The summed E-state index contributed by atoms with van der Waals surface area (Å²) >= 11 is 13.9. The van der Waals surface area contributed by atoms with Gasteiger partial charge in [0.1, 0.15) is 0 Å². The van der Waals surface area contributed by atoms with Gasteiger partial charge >= 0.3 is 0 Å². The molecule has 0 saturated carbocycles.